The summed E-state index contributed by atoms with van der Waals surface area (Å²) < 4.78 is 7.63. The van der Waals surface area contributed by atoms with Crippen molar-refractivity contribution in [2.45, 2.75) is 38.8 Å². The van der Waals surface area contributed by atoms with Gasteiger partial charge >= 0.3 is 0 Å². The molecule has 0 spiro atoms. The lowest BCUT2D eigenvalue weighted by Crippen LogP contribution is -2.42. The molecule has 1 aliphatic heterocycles. The zero-order valence-corrected chi connectivity index (χ0v) is 15.5. The van der Waals surface area contributed by atoms with Crippen LogP contribution in [0.3, 0.4) is 0 Å². The van der Waals surface area contributed by atoms with E-state index < -0.39 is 0 Å². The Kier molecular flexibility index (Phi) is 6.54. The molecule has 0 saturated carbocycles. The van der Waals surface area contributed by atoms with Crippen LogP contribution in [0.15, 0.2) is 29.4 Å². The molecule has 2 aromatic rings. The van der Waals surface area contributed by atoms with E-state index in [0.717, 1.165) is 62.3 Å². The lowest BCUT2D eigenvalue weighted by molar-refractivity contribution is 0.114. The van der Waals surface area contributed by atoms with Crippen LogP contribution in [0.2, 0.25) is 0 Å². The summed E-state index contributed by atoms with van der Waals surface area (Å²) in [5.41, 5.74) is 1.06. The van der Waals surface area contributed by atoms with Crippen LogP contribution in [0.1, 0.15) is 30.2 Å². The van der Waals surface area contributed by atoms with E-state index in [4.69, 9.17) is 4.74 Å². The van der Waals surface area contributed by atoms with Gasteiger partial charge in [0.25, 0.3) is 0 Å². The summed E-state index contributed by atoms with van der Waals surface area (Å²) in [6, 6.07) is 5.96. The smallest absolute Gasteiger partial charge is 0.191 e. The van der Waals surface area contributed by atoms with Crippen LogP contribution in [-0.4, -0.2) is 51.5 Å². The van der Waals surface area contributed by atoms with E-state index in [-0.39, 0.29) is 6.10 Å². The first-order valence-corrected chi connectivity index (χ1v) is 9.11. The molecule has 1 unspecified atom stereocenters. The van der Waals surface area contributed by atoms with Crippen molar-refractivity contribution >= 4 is 5.96 Å². The van der Waals surface area contributed by atoms with E-state index in [1.165, 1.54) is 0 Å². The van der Waals surface area contributed by atoms with Gasteiger partial charge < -0.3 is 19.9 Å². The van der Waals surface area contributed by atoms with E-state index in [1.807, 2.05) is 42.9 Å². The van der Waals surface area contributed by atoms with Crippen molar-refractivity contribution in [2.75, 3.05) is 19.7 Å². The zero-order valence-electron chi connectivity index (χ0n) is 15.5. The van der Waals surface area contributed by atoms with Gasteiger partial charge in [0.15, 0.2) is 11.8 Å². The van der Waals surface area contributed by atoms with Gasteiger partial charge in [-0.15, -0.1) is 10.2 Å². The third-order valence-corrected chi connectivity index (χ3v) is 4.48. The van der Waals surface area contributed by atoms with Gasteiger partial charge in [-0.25, -0.2) is 4.99 Å². The van der Waals surface area contributed by atoms with Gasteiger partial charge in [0.2, 0.25) is 0 Å². The topological polar surface area (TPSA) is 89.2 Å². The summed E-state index contributed by atoms with van der Waals surface area (Å²) in [5.74, 6) is 2.48. The second-order valence-corrected chi connectivity index (χ2v) is 6.40. The van der Waals surface area contributed by atoms with Crippen molar-refractivity contribution < 1.29 is 4.74 Å². The van der Waals surface area contributed by atoms with Crippen molar-refractivity contribution in [3.63, 3.8) is 0 Å². The second-order valence-electron chi connectivity index (χ2n) is 6.40. The van der Waals surface area contributed by atoms with Crippen molar-refractivity contribution in [1.82, 2.24) is 30.4 Å². The van der Waals surface area contributed by atoms with Crippen molar-refractivity contribution in [3.05, 3.63) is 41.7 Å². The predicted octanol–water partition coefficient (Wildman–Crippen LogP) is 0.975. The molecular weight excluding hydrogens is 330 g/mol. The molecule has 1 fully saturated rings. The Morgan fingerprint density at radius 3 is 2.96 bits per heavy atom. The highest BCUT2D eigenvalue weighted by Gasteiger charge is 2.15. The predicted molar refractivity (Wildman–Crippen MR) is 99.8 cm³/mol. The van der Waals surface area contributed by atoms with Gasteiger partial charge in [0.1, 0.15) is 12.4 Å². The molecule has 8 nitrogen and oxygen atoms in total. The molecule has 0 aromatic carbocycles. The van der Waals surface area contributed by atoms with Gasteiger partial charge in [0.05, 0.1) is 6.10 Å². The molecule has 1 saturated heterocycles. The van der Waals surface area contributed by atoms with Crippen molar-refractivity contribution in [2.24, 2.45) is 12.0 Å². The molecule has 8 heteroatoms. The van der Waals surface area contributed by atoms with Gasteiger partial charge in [-0.05, 0) is 31.9 Å². The standard InChI is InChI=1S/C18H27N7O/c1-14-23-24-17(25(14)2)13-22-18(21-12-16-7-5-11-26-16)20-10-8-15-6-3-4-9-19-15/h3-4,6,9,16H,5,7-8,10-13H2,1-2H3,(H2,20,21,22). The van der Waals surface area contributed by atoms with Crippen LogP contribution in [0, 0.1) is 6.92 Å². The van der Waals surface area contributed by atoms with Crippen LogP contribution in [0.5, 0.6) is 0 Å². The van der Waals surface area contributed by atoms with E-state index in [9.17, 15) is 0 Å². The number of pyridine rings is 1. The summed E-state index contributed by atoms with van der Waals surface area (Å²) >= 11 is 0. The monoisotopic (exact) mass is 357 g/mol. The fourth-order valence-corrected chi connectivity index (χ4v) is 2.78. The fourth-order valence-electron chi connectivity index (χ4n) is 2.78. The molecule has 3 heterocycles. The summed E-state index contributed by atoms with van der Waals surface area (Å²) in [4.78, 5) is 9.01. The Balaban J connectivity index is 1.56. The number of nitrogens with one attached hydrogen (secondary N) is 2. The highest BCUT2D eigenvalue weighted by Crippen LogP contribution is 2.10. The summed E-state index contributed by atoms with van der Waals surface area (Å²) in [5, 5.41) is 15.0. The lowest BCUT2D eigenvalue weighted by atomic mass is 10.2. The summed E-state index contributed by atoms with van der Waals surface area (Å²) in [6.45, 7) is 4.77. The Bertz CT molecular complexity index is 708. The summed E-state index contributed by atoms with van der Waals surface area (Å²) in [7, 11) is 1.95. The highest BCUT2D eigenvalue weighted by molar-refractivity contribution is 5.79. The molecule has 0 bridgehead atoms. The quantitative estimate of drug-likeness (QED) is 0.567. The first-order chi connectivity index (χ1) is 12.7. The molecule has 26 heavy (non-hydrogen) atoms. The third-order valence-electron chi connectivity index (χ3n) is 4.48. The zero-order chi connectivity index (χ0) is 18.2. The average Bonchev–Trinajstić information content (AvgIpc) is 3.29. The van der Waals surface area contributed by atoms with Crippen LogP contribution < -0.4 is 10.6 Å². The Morgan fingerprint density at radius 1 is 1.35 bits per heavy atom. The third kappa shape index (κ3) is 5.26. The van der Waals surface area contributed by atoms with Gasteiger partial charge in [-0.1, -0.05) is 6.07 Å². The Morgan fingerprint density at radius 2 is 2.27 bits per heavy atom. The number of ether oxygens (including phenoxy) is 1. The first kappa shape index (κ1) is 18.3. The Labute approximate surface area is 154 Å². The molecule has 1 atom stereocenters. The van der Waals surface area contributed by atoms with Crippen LogP contribution >= 0.6 is 0 Å². The minimum absolute atomic E-state index is 0.259. The number of hydrogen-bond donors (Lipinski definition) is 2. The van der Waals surface area contributed by atoms with Crippen molar-refractivity contribution in [1.29, 1.82) is 0 Å². The van der Waals surface area contributed by atoms with Gasteiger partial charge in [0, 0.05) is 45.1 Å². The van der Waals surface area contributed by atoms with E-state index in [2.05, 4.69) is 30.8 Å². The number of guanidine groups is 1. The maximum atomic E-state index is 5.68. The maximum Gasteiger partial charge on any atom is 0.191 e. The van der Waals surface area contributed by atoms with Crippen LogP contribution in [0.25, 0.3) is 0 Å². The summed E-state index contributed by atoms with van der Waals surface area (Å²) in [6.07, 6.45) is 5.14. The van der Waals surface area contributed by atoms with Gasteiger partial charge in [-0.3, -0.25) is 4.98 Å². The number of rotatable bonds is 7. The van der Waals surface area contributed by atoms with Crippen LogP contribution in [0.4, 0.5) is 0 Å². The Hall–Kier alpha value is -2.48. The fraction of sp³-hybridized carbons (Fsp3) is 0.556. The number of aliphatic imine (C=N–C) groups is 1. The second kappa shape index (κ2) is 9.28. The molecule has 0 radical (unpaired) electrons. The minimum atomic E-state index is 0.259. The van der Waals surface area contributed by atoms with Gasteiger partial charge in [-0.2, -0.15) is 0 Å². The van der Waals surface area contributed by atoms with E-state index in [1.54, 1.807) is 0 Å². The highest BCUT2D eigenvalue weighted by atomic mass is 16.5. The molecule has 0 amide bonds. The number of aromatic nitrogens is 4. The number of nitrogens with zero attached hydrogens (tertiary/aromatic N) is 5. The molecule has 3 rings (SSSR count). The minimum Gasteiger partial charge on any atom is -0.376 e. The normalized spacial score (nSPS) is 17.5. The average molecular weight is 357 g/mol. The van der Waals surface area contributed by atoms with E-state index in [0.29, 0.717) is 6.54 Å². The first-order valence-electron chi connectivity index (χ1n) is 9.11. The largest absolute Gasteiger partial charge is 0.376 e. The van der Waals surface area contributed by atoms with E-state index >= 15 is 0 Å². The molecule has 2 N–H and O–H groups in total. The lowest BCUT2D eigenvalue weighted by Gasteiger charge is -2.15. The molecule has 140 valence electrons. The number of hydrogen-bond acceptors (Lipinski definition) is 5. The molecule has 1 aliphatic rings. The molecular formula is C18H27N7O. The maximum absolute atomic E-state index is 5.68. The molecule has 0 aliphatic carbocycles. The SMILES string of the molecule is Cc1nnc(CN=C(NCCc2ccccn2)NCC2CCCO2)n1C. The molecule has 2 aromatic heterocycles. The van der Waals surface area contributed by atoms with Crippen LogP contribution in [-0.2, 0) is 24.8 Å². The van der Waals surface area contributed by atoms with Crippen molar-refractivity contribution in [3.8, 4) is 0 Å². The number of aryl methyl sites for hydroxylation is 1.